The number of rotatable bonds is 6. The van der Waals surface area contributed by atoms with E-state index in [0.29, 0.717) is 11.3 Å². The van der Waals surface area contributed by atoms with Gasteiger partial charge in [0.1, 0.15) is 23.8 Å². The van der Waals surface area contributed by atoms with Crippen molar-refractivity contribution in [3.63, 3.8) is 0 Å². The molecule has 0 fully saturated rings. The van der Waals surface area contributed by atoms with Crippen LogP contribution in [-0.4, -0.2) is 12.0 Å². The molecule has 2 rings (SSSR count). The molecule has 2 aromatic rings. The molecule has 2 aromatic carbocycles. The molecule has 110 valence electrons. The van der Waals surface area contributed by atoms with Gasteiger partial charge in [-0.1, -0.05) is 6.07 Å². The molecule has 7 nitrogen and oxygen atoms in total. The molecule has 0 saturated heterocycles. The topological polar surface area (TPSA) is 99.7 Å². The lowest BCUT2D eigenvalue weighted by Gasteiger charge is -2.08. The summed E-state index contributed by atoms with van der Waals surface area (Å²) in [7, 11) is 1.59. The summed E-state index contributed by atoms with van der Waals surface area (Å²) in [6.07, 6.45) is 0. The average Bonchev–Trinajstić information content (AvgIpc) is 2.53. The van der Waals surface area contributed by atoms with Gasteiger partial charge in [0.25, 0.3) is 5.69 Å². The number of hydrogen-bond donors (Lipinski definition) is 2. The van der Waals surface area contributed by atoms with Crippen LogP contribution in [0.1, 0.15) is 5.56 Å². The molecule has 0 saturated carbocycles. The van der Waals surface area contributed by atoms with E-state index in [2.05, 4.69) is 5.43 Å². The van der Waals surface area contributed by atoms with Gasteiger partial charge in [-0.3, -0.25) is 16.0 Å². The van der Waals surface area contributed by atoms with Gasteiger partial charge in [-0.05, 0) is 35.9 Å². The maximum Gasteiger partial charge on any atom is 0.294 e. The highest BCUT2D eigenvalue weighted by molar-refractivity contribution is 5.61. The van der Waals surface area contributed by atoms with Crippen molar-refractivity contribution in [2.45, 2.75) is 6.61 Å². The van der Waals surface area contributed by atoms with Gasteiger partial charge in [-0.25, -0.2) is 0 Å². The molecule has 0 amide bonds. The Hall–Kier alpha value is -2.80. The Balaban J connectivity index is 2.08. The maximum atomic E-state index is 10.9. The van der Waals surface area contributed by atoms with Crippen LogP contribution in [0, 0.1) is 10.1 Å². The van der Waals surface area contributed by atoms with Gasteiger partial charge in [0.15, 0.2) is 0 Å². The van der Waals surface area contributed by atoms with Crippen LogP contribution >= 0.6 is 0 Å². The number of nitrogens with one attached hydrogen (secondary N) is 1. The maximum absolute atomic E-state index is 10.9. The van der Waals surface area contributed by atoms with Crippen LogP contribution < -0.4 is 20.7 Å². The molecule has 0 aliphatic rings. The molecular weight excluding hydrogens is 274 g/mol. The van der Waals surface area contributed by atoms with Crippen molar-refractivity contribution in [2.75, 3.05) is 12.5 Å². The van der Waals surface area contributed by atoms with E-state index in [4.69, 9.17) is 15.3 Å². The summed E-state index contributed by atoms with van der Waals surface area (Å²) in [4.78, 5) is 10.4. The number of nitrogen functional groups attached to an aromatic ring is 1. The smallest absolute Gasteiger partial charge is 0.294 e. The fraction of sp³-hybridized carbons (Fsp3) is 0.143. The molecule has 0 aliphatic carbocycles. The van der Waals surface area contributed by atoms with Gasteiger partial charge in [-0.2, -0.15) is 0 Å². The van der Waals surface area contributed by atoms with Crippen molar-refractivity contribution in [3.05, 3.63) is 58.1 Å². The summed E-state index contributed by atoms with van der Waals surface area (Å²) in [5.41, 5.74) is 3.14. The zero-order valence-electron chi connectivity index (χ0n) is 11.4. The minimum absolute atomic E-state index is 0.0895. The van der Waals surface area contributed by atoms with Crippen molar-refractivity contribution in [1.29, 1.82) is 0 Å². The van der Waals surface area contributed by atoms with Crippen LogP contribution in [0.3, 0.4) is 0 Å². The zero-order valence-corrected chi connectivity index (χ0v) is 11.4. The van der Waals surface area contributed by atoms with Crippen LogP contribution in [0.5, 0.6) is 11.5 Å². The monoisotopic (exact) mass is 289 g/mol. The highest BCUT2D eigenvalue weighted by Gasteiger charge is 2.13. The number of benzene rings is 2. The lowest BCUT2D eigenvalue weighted by molar-refractivity contribution is -0.384. The zero-order chi connectivity index (χ0) is 15.2. The van der Waals surface area contributed by atoms with Gasteiger partial charge < -0.3 is 14.9 Å². The molecular formula is C14H15N3O4. The number of nitrogens with zero attached hydrogens (tertiary/aromatic N) is 1. The van der Waals surface area contributed by atoms with Crippen LogP contribution in [0.4, 0.5) is 11.4 Å². The molecule has 0 aromatic heterocycles. The van der Waals surface area contributed by atoms with Crippen molar-refractivity contribution in [1.82, 2.24) is 0 Å². The highest BCUT2D eigenvalue weighted by atomic mass is 16.6. The second-order valence-corrected chi connectivity index (χ2v) is 4.22. The summed E-state index contributed by atoms with van der Waals surface area (Å²) < 4.78 is 10.6. The van der Waals surface area contributed by atoms with Crippen LogP contribution in [-0.2, 0) is 6.61 Å². The second kappa shape index (κ2) is 6.58. The lowest BCUT2D eigenvalue weighted by Crippen LogP contribution is -2.09. The van der Waals surface area contributed by atoms with Gasteiger partial charge >= 0.3 is 0 Å². The van der Waals surface area contributed by atoms with E-state index in [0.717, 1.165) is 5.75 Å². The number of hydrazine groups is 1. The Bertz CT molecular complexity index is 629. The third-order valence-electron chi connectivity index (χ3n) is 2.88. The van der Waals surface area contributed by atoms with Crippen LogP contribution in [0.25, 0.3) is 0 Å². The fourth-order valence-corrected chi connectivity index (χ4v) is 1.78. The first-order chi connectivity index (χ1) is 10.1. The molecule has 21 heavy (non-hydrogen) atoms. The van der Waals surface area contributed by atoms with Gasteiger partial charge in [-0.15, -0.1) is 0 Å². The molecule has 0 bridgehead atoms. The Morgan fingerprint density at radius 1 is 1.19 bits per heavy atom. The summed E-state index contributed by atoms with van der Waals surface area (Å²) in [5, 5.41) is 10.9. The molecule has 7 heteroatoms. The Labute approximate surface area is 121 Å². The minimum atomic E-state index is -0.494. The van der Waals surface area contributed by atoms with Crippen LogP contribution in [0.15, 0.2) is 42.5 Å². The standard InChI is InChI=1S/C14H15N3O4/c1-20-11-3-5-12(6-4-11)21-9-10-2-7-13(16-15)14(8-10)17(18)19/h2-8,16H,9,15H2,1H3. The molecule has 3 N–H and O–H groups in total. The summed E-state index contributed by atoms with van der Waals surface area (Å²) >= 11 is 0. The summed E-state index contributed by atoms with van der Waals surface area (Å²) in [6, 6.07) is 11.8. The Morgan fingerprint density at radius 2 is 1.86 bits per heavy atom. The predicted octanol–water partition coefficient (Wildman–Crippen LogP) is 2.47. The highest BCUT2D eigenvalue weighted by Crippen LogP contribution is 2.25. The quantitative estimate of drug-likeness (QED) is 0.481. The van der Waals surface area contributed by atoms with Gasteiger partial charge in [0.2, 0.25) is 0 Å². The van der Waals surface area contributed by atoms with Crippen molar-refractivity contribution < 1.29 is 14.4 Å². The average molecular weight is 289 g/mol. The third kappa shape index (κ3) is 3.61. The van der Waals surface area contributed by atoms with Gasteiger partial charge in [0, 0.05) is 6.07 Å². The van der Waals surface area contributed by atoms with E-state index >= 15 is 0 Å². The number of ether oxygens (including phenoxy) is 2. The Kier molecular flexibility index (Phi) is 4.57. The number of methoxy groups -OCH3 is 1. The summed E-state index contributed by atoms with van der Waals surface area (Å²) in [6.45, 7) is 0.220. The lowest BCUT2D eigenvalue weighted by atomic mass is 10.2. The van der Waals surface area contributed by atoms with E-state index in [1.165, 1.54) is 6.07 Å². The van der Waals surface area contributed by atoms with E-state index in [1.807, 2.05) is 0 Å². The van der Waals surface area contributed by atoms with Crippen molar-refractivity contribution in [3.8, 4) is 11.5 Å². The van der Waals surface area contributed by atoms with Crippen molar-refractivity contribution >= 4 is 11.4 Å². The van der Waals surface area contributed by atoms with E-state index in [-0.39, 0.29) is 18.0 Å². The largest absolute Gasteiger partial charge is 0.497 e. The second-order valence-electron chi connectivity index (χ2n) is 4.22. The van der Waals surface area contributed by atoms with E-state index in [9.17, 15) is 10.1 Å². The first kappa shape index (κ1) is 14.6. The van der Waals surface area contributed by atoms with E-state index in [1.54, 1.807) is 43.5 Å². The van der Waals surface area contributed by atoms with E-state index < -0.39 is 4.92 Å². The molecule has 0 aliphatic heterocycles. The number of nitrogens with two attached hydrogens (primary N) is 1. The van der Waals surface area contributed by atoms with Crippen LogP contribution in [0.2, 0.25) is 0 Å². The molecule has 0 unspecified atom stereocenters. The first-order valence-corrected chi connectivity index (χ1v) is 6.15. The fourth-order valence-electron chi connectivity index (χ4n) is 1.78. The molecule has 0 spiro atoms. The number of nitro groups is 1. The predicted molar refractivity (Wildman–Crippen MR) is 78.2 cm³/mol. The summed E-state index contributed by atoms with van der Waals surface area (Å²) in [5.74, 6) is 6.62. The number of anilines is 1. The first-order valence-electron chi connectivity index (χ1n) is 6.15. The molecule has 0 heterocycles. The number of hydrogen-bond acceptors (Lipinski definition) is 6. The molecule has 0 atom stereocenters. The molecule has 0 radical (unpaired) electrons. The normalized spacial score (nSPS) is 10.0. The number of nitro benzene ring substituents is 1. The minimum Gasteiger partial charge on any atom is -0.497 e. The van der Waals surface area contributed by atoms with Crippen molar-refractivity contribution in [2.24, 2.45) is 5.84 Å². The Morgan fingerprint density at radius 3 is 2.43 bits per heavy atom. The third-order valence-corrected chi connectivity index (χ3v) is 2.88. The SMILES string of the molecule is COc1ccc(OCc2ccc(NN)c([N+](=O)[O-])c2)cc1. The van der Waals surface area contributed by atoms with Gasteiger partial charge in [0.05, 0.1) is 12.0 Å².